The number of carbonyl (C=O) groups is 1. The van der Waals surface area contributed by atoms with Crippen LogP contribution in [0.1, 0.15) is 59.8 Å². The highest BCUT2D eigenvalue weighted by molar-refractivity contribution is 7.92. The molecule has 0 aliphatic carbocycles. The molecular formula is C21H28N2O4S. The number of sulfonamides is 1. The van der Waals surface area contributed by atoms with Crippen molar-refractivity contribution in [2.24, 2.45) is 0 Å². The number of ether oxygens (including phenoxy) is 1. The van der Waals surface area contributed by atoms with E-state index in [9.17, 15) is 13.2 Å². The fourth-order valence-electron chi connectivity index (χ4n) is 3.07. The van der Waals surface area contributed by atoms with Crippen LogP contribution in [-0.2, 0) is 10.0 Å². The van der Waals surface area contributed by atoms with Crippen LogP contribution in [0, 0.1) is 6.92 Å². The molecule has 0 bridgehead atoms. The quantitative estimate of drug-likeness (QED) is 0.731. The second kappa shape index (κ2) is 8.65. The first-order valence-corrected chi connectivity index (χ1v) is 11.0. The molecule has 7 heteroatoms. The fraction of sp³-hybridized carbons (Fsp3) is 0.381. The smallest absolute Gasteiger partial charge is 0.251 e. The van der Waals surface area contributed by atoms with E-state index in [2.05, 4.69) is 30.0 Å². The molecule has 0 fully saturated rings. The lowest BCUT2D eigenvalue weighted by Gasteiger charge is -2.21. The molecule has 0 spiro atoms. The van der Waals surface area contributed by atoms with Crippen molar-refractivity contribution in [1.82, 2.24) is 5.32 Å². The molecule has 2 aromatic rings. The van der Waals surface area contributed by atoms with E-state index in [4.69, 9.17) is 4.74 Å². The Morgan fingerprint density at radius 1 is 1.04 bits per heavy atom. The second-order valence-electron chi connectivity index (χ2n) is 7.25. The molecule has 1 amide bonds. The van der Waals surface area contributed by atoms with Gasteiger partial charge in [0.25, 0.3) is 5.91 Å². The standard InChI is InChI=1S/C21H28N2O4S/c1-13(2)18-12-19(14(3)11-20(18)27-5)15(4)22-21(24)16-7-9-17(10-8-16)23-28(6,25)26/h7-13,15,23H,1-6H3,(H,22,24). The summed E-state index contributed by atoms with van der Waals surface area (Å²) in [5.41, 5.74) is 4.05. The van der Waals surface area contributed by atoms with Gasteiger partial charge in [-0.3, -0.25) is 9.52 Å². The zero-order valence-electron chi connectivity index (χ0n) is 17.2. The number of carbonyl (C=O) groups excluding carboxylic acids is 1. The minimum atomic E-state index is -3.35. The van der Waals surface area contributed by atoms with Gasteiger partial charge in [-0.2, -0.15) is 0 Å². The van der Waals surface area contributed by atoms with Crippen LogP contribution in [0.15, 0.2) is 36.4 Å². The van der Waals surface area contributed by atoms with Gasteiger partial charge >= 0.3 is 0 Å². The van der Waals surface area contributed by atoms with E-state index in [0.717, 1.165) is 28.7 Å². The van der Waals surface area contributed by atoms with Gasteiger partial charge in [-0.25, -0.2) is 8.42 Å². The molecule has 2 aromatic carbocycles. The van der Waals surface area contributed by atoms with Crippen molar-refractivity contribution < 1.29 is 17.9 Å². The molecule has 0 aliphatic heterocycles. The maximum Gasteiger partial charge on any atom is 0.251 e. The van der Waals surface area contributed by atoms with Gasteiger partial charge in [-0.05, 0) is 72.9 Å². The number of amides is 1. The van der Waals surface area contributed by atoms with Crippen LogP contribution < -0.4 is 14.8 Å². The monoisotopic (exact) mass is 404 g/mol. The number of methoxy groups -OCH3 is 1. The summed E-state index contributed by atoms with van der Waals surface area (Å²) in [5.74, 6) is 0.926. The Kier molecular flexibility index (Phi) is 6.72. The van der Waals surface area contributed by atoms with Gasteiger partial charge in [0.2, 0.25) is 10.0 Å². The Bertz CT molecular complexity index is 951. The van der Waals surface area contributed by atoms with Crippen molar-refractivity contribution in [3.05, 3.63) is 58.7 Å². The van der Waals surface area contributed by atoms with E-state index in [1.165, 1.54) is 0 Å². The van der Waals surface area contributed by atoms with Crippen LogP contribution >= 0.6 is 0 Å². The SMILES string of the molecule is COc1cc(C)c(C(C)NC(=O)c2ccc(NS(C)(=O)=O)cc2)cc1C(C)C. The average molecular weight is 405 g/mol. The molecule has 0 saturated carbocycles. The lowest BCUT2D eigenvalue weighted by atomic mass is 9.93. The van der Waals surface area contributed by atoms with E-state index in [0.29, 0.717) is 17.2 Å². The number of hydrogen-bond donors (Lipinski definition) is 2. The number of nitrogens with one attached hydrogen (secondary N) is 2. The Labute approximate surface area is 167 Å². The van der Waals surface area contributed by atoms with Gasteiger partial charge in [-0.1, -0.05) is 13.8 Å². The van der Waals surface area contributed by atoms with E-state index in [1.54, 1.807) is 31.4 Å². The van der Waals surface area contributed by atoms with Gasteiger partial charge in [0, 0.05) is 11.3 Å². The van der Waals surface area contributed by atoms with Crippen LogP contribution in [-0.4, -0.2) is 27.7 Å². The zero-order chi connectivity index (χ0) is 21.1. The normalized spacial score (nSPS) is 12.5. The first-order chi connectivity index (χ1) is 13.0. The number of benzene rings is 2. The largest absolute Gasteiger partial charge is 0.496 e. The summed E-state index contributed by atoms with van der Waals surface area (Å²) in [7, 11) is -1.69. The molecule has 0 saturated heterocycles. The number of hydrogen-bond acceptors (Lipinski definition) is 4. The first-order valence-electron chi connectivity index (χ1n) is 9.09. The molecule has 1 unspecified atom stereocenters. The van der Waals surface area contributed by atoms with E-state index in [1.807, 2.05) is 19.9 Å². The maximum atomic E-state index is 12.6. The predicted molar refractivity (Wildman–Crippen MR) is 113 cm³/mol. The minimum Gasteiger partial charge on any atom is -0.496 e. The molecule has 28 heavy (non-hydrogen) atoms. The molecule has 2 rings (SSSR count). The second-order valence-corrected chi connectivity index (χ2v) is 9.00. The summed E-state index contributed by atoms with van der Waals surface area (Å²) < 4.78 is 30.4. The van der Waals surface area contributed by atoms with Crippen LogP contribution in [0.3, 0.4) is 0 Å². The lowest BCUT2D eigenvalue weighted by Crippen LogP contribution is -2.27. The lowest BCUT2D eigenvalue weighted by molar-refractivity contribution is 0.0940. The third-order valence-corrected chi connectivity index (χ3v) is 5.11. The minimum absolute atomic E-state index is 0.190. The van der Waals surface area contributed by atoms with Crippen molar-refractivity contribution >= 4 is 21.6 Å². The Morgan fingerprint density at radius 2 is 1.64 bits per heavy atom. The van der Waals surface area contributed by atoms with Gasteiger partial charge in [0.05, 0.1) is 19.4 Å². The fourth-order valence-corrected chi connectivity index (χ4v) is 3.64. The van der Waals surface area contributed by atoms with Gasteiger partial charge in [0.15, 0.2) is 0 Å². The number of rotatable bonds is 7. The van der Waals surface area contributed by atoms with Crippen molar-refractivity contribution in [1.29, 1.82) is 0 Å². The van der Waals surface area contributed by atoms with Crippen LogP contribution in [0.4, 0.5) is 5.69 Å². The third-order valence-electron chi connectivity index (χ3n) is 4.50. The average Bonchev–Trinajstić information content (AvgIpc) is 2.60. The van der Waals surface area contributed by atoms with E-state index >= 15 is 0 Å². The third kappa shape index (κ3) is 5.48. The zero-order valence-corrected chi connectivity index (χ0v) is 18.0. The summed E-state index contributed by atoms with van der Waals surface area (Å²) >= 11 is 0. The molecule has 1 atom stereocenters. The van der Waals surface area contributed by atoms with Crippen molar-refractivity contribution in [3.8, 4) is 5.75 Å². The summed E-state index contributed by atoms with van der Waals surface area (Å²) in [6.45, 7) is 8.14. The van der Waals surface area contributed by atoms with Crippen LogP contribution in [0.25, 0.3) is 0 Å². The van der Waals surface area contributed by atoms with Crippen LogP contribution in [0.2, 0.25) is 0 Å². The summed E-state index contributed by atoms with van der Waals surface area (Å²) in [5, 5.41) is 3.01. The molecule has 6 nitrogen and oxygen atoms in total. The topological polar surface area (TPSA) is 84.5 Å². The van der Waals surface area contributed by atoms with Crippen LogP contribution in [0.5, 0.6) is 5.75 Å². The van der Waals surface area contributed by atoms with Crippen molar-refractivity contribution in [3.63, 3.8) is 0 Å². The van der Waals surface area contributed by atoms with Crippen molar-refractivity contribution in [2.45, 2.75) is 39.7 Å². The van der Waals surface area contributed by atoms with E-state index < -0.39 is 10.0 Å². The maximum absolute atomic E-state index is 12.6. The highest BCUT2D eigenvalue weighted by Crippen LogP contribution is 2.32. The van der Waals surface area contributed by atoms with Crippen molar-refractivity contribution in [2.75, 3.05) is 18.1 Å². The summed E-state index contributed by atoms with van der Waals surface area (Å²) in [4.78, 5) is 12.6. The molecule has 152 valence electrons. The summed E-state index contributed by atoms with van der Waals surface area (Å²) in [6, 6.07) is 10.2. The molecule has 0 radical (unpaired) electrons. The van der Waals surface area contributed by atoms with Gasteiger partial charge in [-0.15, -0.1) is 0 Å². The van der Waals surface area contributed by atoms with Gasteiger partial charge in [0.1, 0.15) is 5.75 Å². The molecule has 0 aromatic heterocycles. The molecule has 2 N–H and O–H groups in total. The first kappa shape index (κ1) is 21.8. The highest BCUT2D eigenvalue weighted by atomic mass is 32.2. The van der Waals surface area contributed by atoms with E-state index in [-0.39, 0.29) is 11.9 Å². The molecule has 0 aliphatic rings. The Balaban J connectivity index is 2.19. The predicted octanol–water partition coefficient (Wildman–Crippen LogP) is 3.99. The Hall–Kier alpha value is -2.54. The summed E-state index contributed by atoms with van der Waals surface area (Å²) in [6.07, 6.45) is 1.08. The number of anilines is 1. The number of aryl methyl sites for hydroxylation is 1. The molecule has 0 heterocycles. The van der Waals surface area contributed by atoms with Gasteiger partial charge < -0.3 is 10.1 Å². The molecular weight excluding hydrogens is 376 g/mol. The highest BCUT2D eigenvalue weighted by Gasteiger charge is 2.17. The Morgan fingerprint density at radius 3 is 2.14 bits per heavy atom.